The molecule has 6 nitrogen and oxygen atoms in total. The van der Waals surface area contributed by atoms with Crippen LogP contribution >= 0.6 is 0 Å². The number of rotatable bonds is 5. The number of carbonyl (C=O) groups excluding carboxylic acids is 1. The van der Waals surface area contributed by atoms with Crippen molar-refractivity contribution in [1.29, 1.82) is 0 Å². The molecule has 0 spiro atoms. The molecule has 6 heteroatoms. The van der Waals surface area contributed by atoms with Crippen LogP contribution in [0.4, 0.5) is 4.79 Å². The molecule has 114 valence electrons. The molecule has 0 saturated carbocycles. The standard InChI is InChI=1S/C14H25N3O3/c1-2-4-12(13(18)19)16-14(20)15-10-6-8-17-7-3-5-11(17)9-10/h10-12H,2-9H2,1H3,(H,18,19)(H2,15,16,20). The van der Waals surface area contributed by atoms with Crippen molar-refractivity contribution in [3.05, 3.63) is 0 Å². The van der Waals surface area contributed by atoms with Crippen LogP contribution in [0.1, 0.15) is 45.4 Å². The zero-order valence-electron chi connectivity index (χ0n) is 12.1. The first kappa shape index (κ1) is 15.1. The van der Waals surface area contributed by atoms with E-state index < -0.39 is 12.0 Å². The SMILES string of the molecule is CCCC(NC(=O)NC1CCN2CCCC2C1)C(=O)O. The van der Waals surface area contributed by atoms with E-state index in [1.165, 1.54) is 19.4 Å². The molecule has 0 aromatic carbocycles. The zero-order valence-corrected chi connectivity index (χ0v) is 12.1. The zero-order chi connectivity index (χ0) is 14.5. The molecule has 2 rings (SSSR count). The highest BCUT2D eigenvalue weighted by molar-refractivity contribution is 5.82. The summed E-state index contributed by atoms with van der Waals surface area (Å²) in [6.07, 6.45) is 5.60. The van der Waals surface area contributed by atoms with E-state index in [0.29, 0.717) is 12.5 Å². The van der Waals surface area contributed by atoms with E-state index in [4.69, 9.17) is 5.11 Å². The summed E-state index contributed by atoms with van der Waals surface area (Å²) in [5.74, 6) is -0.965. The molecule has 3 N–H and O–H groups in total. The summed E-state index contributed by atoms with van der Waals surface area (Å²) in [6.45, 7) is 4.12. The van der Waals surface area contributed by atoms with Gasteiger partial charge in [0.2, 0.25) is 0 Å². The second-order valence-electron chi connectivity index (χ2n) is 5.85. The Balaban J connectivity index is 1.77. The fourth-order valence-electron chi connectivity index (χ4n) is 3.29. The molecule has 0 bridgehead atoms. The Morgan fingerprint density at radius 2 is 2.15 bits per heavy atom. The van der Waals surface area contributed by atoms with E-state index in [1.807, 2.05) is 6.92 Å². The predicted molar refractivity (Wildman–Crippen MR) is 75.6 cm³/mol. The lowest BCUT2D eigenvalue weighted by Crippen LogP contribution is -2.52. The quantitative estimate of drug-likeness (QED) is 0.707. The molecule has 2 saturated heterocycles. The number of nitrogens with one attached hydrogen (secondary N) is 2. The van der Waals surface area contributed by atoms with Gasteiger partial charge in [-0.2, -0.15) is 0 Å². The Kier molecular flexibility index (Phi) is 5.23. The molecule has 0 aromatic rings. The topological polar surface area (TPSA) is 81.7 Å². The minimum absolute atomic E-state index is 0.172. The molecule has 2 aliphatic heterocycles. The van der Waals surface area contributed by atoms with Crippen molar-refractivity contribution < 1.29 is 14.7 Å². The Hall–Kier alpha value is -1.30. The first-order valence-electron chi connectivity index (χ1n) is 7.64. The Morgan fingerprint density at radius 3 is 2.85 bits per heavy atom. The molecule has 2 amide bonds. The van der Waals surface area contributed by atoms with Gasteiger partial charge in [0.15, 0.2) is 0 Å². The number of amides is 2. The lowest BCUT2D eigenvalue weighted by Gasteiger charge is -2.35. The third kappa shape index (κ3) is 3.85. The fraction of sp³-hybridized carbons (Fsp3) is 0.857. The fourth-order valence-corrected chi connectivity index (χ4v) is 3.29. The highest BCUT2D eigenvalue weighted by atomic mass is 16.4. The van der Waals surface area contributed by atoms with Gasteiger partial charge in [-0.05, 0) is 38.6 Å². The number of carbonyl (C=O) groups is 2. The third-order valence-corrected chi connectivity index (χ3v) is 4.34. The van der Waals surface area contributed by atoms with E-state index in [-0.39, 0.29) is 12.1 Å². The van der Waals surface area contributed by atoms with Crippen LogP contribution in [0, 0.1) is 0 Å². The number of carboxylic acid groups (broad SMARTS) is 1. The van der Waals surface area contributed by atoms with E-state index in [9.17, 15) is 9.59 Å². The van der Waals surface area contributed by atoms with Crippen LogP contribution in [0.2, 0.25) is 0 Å². The summed E-state index contributed by atoms with van der Waals surface area (Å²) in [4.78, 5) is 25.4. The monoisotopic (exact) mass is 283 g/mol. The van der Waals surface area contributed by atoms with Crippen LogP contribution in [0.15, 0.2) is 0 Å². The molecule has 0 aliphatic carbocycles. The molecular weight excluding hydrogens is 258 g/mol. The van der Waals surface area contributed by atoms with E-state index in [0.717, 1.165) is 25.8 Å². The normalized spacial score (nSPS) is 27.6. The molecule has 0 radical (unpaired) electrons. The van der Waals surface area contributed by atoms with Crippen molar-refractivity contribution in [3.8, 4) is 0 Å². The summed E-state index contributed by atoms with van der Waals surface area (Å²) < 4.78 is 0. The maximum atomic E-state index is 11.9. The second kappa shape index (κ2) is 6.92. The largest absolute Gasteiger partial charge is 0.480 e. The van der Waals surface area contributed by atoms with E-state index in [2.05, 4.69) is 15.5 Å². The van der Waals surface area contributed by atoms with Crippen LogP contribution in [-0.4, -0.2) is 53.2 Å². The summed E-state index contributed by atoms with van der Waals surface area (Å²) in [5, 5.41) is 14.5. The highest BCUT2D eigenvalue weighted by Gasteiger charge is 2.32. The maximum Gasteiger partial charge on any atom is 0.326 e. The number of fused-ring (bicyclic) bond motifs is 1. The third-order valence-electron chi connectivity index (χ3n) is 4.34. The number of urea groups is 1. The molecule has 2 aliphatic rings. The molecule has 20 heavy (non-hydrogen) atoms. The number of hydrogen-bond donors (Lipinski definition) is 3. The smallest absolute Gasteiger partial charge is 0.326 e. The van der Waals surface area contributed by atoms with Crippen molar-refractivity contribution in [2.45, 2.75) is 63.6 Å². The van der Waals surface area contributed by atoms with Crippen molar-refractivity contribution in [2.75, 3.05) is 13.1 Å². The summed E-state index contributed by atoms with van der Waals surface area (Å²) in [5.41, 5.74) is 0. The average molecular weight is 283 g/mol. The second-order valence-corrected chi connectivity index (χ2v) is 5.85. The average Bonchev–Trinajstić information content (AvgIpc) is 2.85. The first-order chi connectivity index (χ1) is 9.60. The first-order valence-corrected chi connectivity index (χ1v) is 7.64. The Labute approximate surface area is 119 Å². The number of hydrogen-bond acceptors (Lipinski definition) is 3. The molecule has 2 fully saturated rings. The van der Waals surface area contributed by atoms with Gasteiger partial charge in [0.25, 0.3) is 0 Å². The minimum atomic E-state index is -0.965. The van der Waals surface area contributed by atoms with Crippen LogP contribution < -0.4 is 10.6 Å². The summed E-state index contributed by atoms with van der Waals surface area (Å²) in [6, 6.07) is -0.362. The molecule has 3 unspecified atom stereocenters. The van der Waals surface area contributed by atoms with Crippen LogP contribution in [0.3, 0.4) is 0 Å². The number of nitrogens with zero attached hydrogens (tertiary/aromatic N) is 1. The maximum absolute atomic E-state index is 11.9. The number of piperidine rings is 1. The lowest BCUT2D eigenvalue weighted by molar-refractivity contribution is -0.139. The van der Waals surface area contributed by atoms with Gasteiger partial charge in [-0.25, -0.2) is 9.59 Å². The van der Waals surface area contributed by atoms with Gasteiger partial charge in [0.1, 0.15) is 6.04 Å². The molecule has 2 heterocycles. The van der Waals surface area contributed by atoms with Gasteiger partial charge >= 0.3 is 12.0 Å². The van der Waals surface area contributed by atoms with Crippen molar-refractivity contribution in [3.63, 3.8) is 0 Å². The molecule has 3 atom stereocenters. The van der Waals surface area contributed by atoms with Crippen LogP contribution in [0.5, 0.6) is 0 Å². The Bertz CT molecular complexity index is 362. The van der Waals surface area contributed by atoms with Crippen LogP contribution in [0.25, 0.3) is 0 Å². The summed E-state index contributed by atoms with van der Waals surface area (Å²) >= 11 is 0. The van der Waals surface area contributed by atoms with Gasteiger partial charge in [-0.1, -0.05) is 13.3 Å². The number of carboxylic acids is 1. The predicted octanol–water partition coefficient (Wildman–Crippen LogP) is 1.17. The Morgan fingerprint density at radius 1 is 1.35 bits per heavy atom. The number of aliphatic carboxylic acids is 1. The van der Waals surface area contributed by atoms with E-state index in [1.54, 1.807) is 0 Å². The van der Waals surface area contributed by atoms with Crippen molar-refractivity contribution in [2.24, 2.45) is 0 Å². The summed E-state index contributed by atoms with van der Waals surface area (Å²) in [7, 11) is 0. The van der Waals surface area contributed by atoms with Crippen LogP contribution in [-0.2, 0) is 4.79 Å². The molecular formula is C14H25N3O3. The lowest BCUT2D eigenvalue weighted by atomic mass is 9.98. The minimum Gasteiger partial charge on any atom is -0.480 e. The molecule has 0 aromatic heterocycles. The van der Waals surface area contributed by atoms with Gasteiger partial charge < -0.3 is 20.6 Å². The van der Waals surface area contributed by atoms with Crippen molar-refractivity contribution >= 4 is 12.0 Å². The van der Waals surface area contributed by atoms with Gasteiger partial charge in [0.05, 0.1) is 0 Å². The van der Waals surface area contributed by atoms with Crippen molar-refractivity contribution in [1.82, 2.24) is 15.5 Å². The van der Waals surface area contributed by atoms with E-state index >= 15 is 0 Å². The van der Waals surface area contributed by atoms with Gasteiger partial charge in [0, 0.05) is 18.6 Å². The van der Waals surface area contributed by atoms with Gasteiger partial charge in [-0.3, -0.25) is 0 Å². The highest BCUT2D eigenvalue weighted by Crippen LogP contribution is 2.26. The van der Waals surface area contributed by atoms with Gasteiger partial charge in [-0.15, -0.1) is 0 Å².